The van der Waals surface area contributed by atoms with E-state index < -0.39 is 21.9 Å². The van der Waals surface area contributed by atoms with Gasteiger partial charge in [-0.3, -0.25) is 4.55 Å². The lowest BCUT2D eigenvalue weighted by molar-refractivity contribution is 0.0728. The summed E-state index contributed by atoms with van der Waals surface area (Å²) in [6.45, 7) is 0. The van der Waals surface area contributed by atoms with E-state index in [0.717, 1.165) is 30.3 Å². The summed E-state index contributed by atoms with van der Waals surface area (Å²) in [4.78, 5) is 11.6. The third-order valence-electron chi connectivity index (χ3n) is 2.56. The molecule has 0 saturated heterocycles. The molecule has 0 radical (unpaired) electrons. The van der Waals surface area contributed by atoms with E-state index in [0.29, 0.717) is 0 Å². The van der Waals surface area contributed by atoms with Crippen molar-refractivity contribution in [3.05, 3.63) is 51.3 Å². The van der Waals surface area contributed by atoms with Crippen molar-refractivity contribution < 1.29 is 32.0 Å². The van der Waals surface area contributed by atoms with Crippen LogP contribution in [0.5, 0.6) is 11.5 Å². The number of carbonyl (C=O) groups excluding carboxylic acids is 1. The number of aromatic hydroxyl groups is 1. The van der Waals surface area contributed by atoms with Gasteiger partial charge in [0.1, 0.15) is 22.9 Å². The van der Waals surface area contributed by atoms with Crippen LogP contribution in [0.4, 0.5) is 4.39 Å². The van der Waals surface area contributed by atoms with Gasteiger partial charge >= 0.3 is 5.97 Å². The molecule has 0 saturated carbocycles. The summed E-state index contributed by atoms with van der Waals surface area (Å²) in [6, 6.07) is 6.34. The molecule has 0 heterocycles. The van der Waals surface area contributed by atoms with Gasteiger partial charge < -0.3 is 9.84 Å². The van der Waals surface area contributed by atoms with Crippen LogP contribution in [0.1, 0.15) is 10.4 Å². The van der Waals surface area contributed by atoms with Crippen LogP contribution < -0.4 is 4.74 Å². The highest BCUT2D eigenvalue weighted by atomic mass is 127. The van der Waals surface area contributed by atoms with Crippen LogP contribution in [0.25, 0.3) is 0 Å². The number of hydrogen-bond acceptors (Lipinski definition) is 5. The monoisotopic (exact) mass is 438 g/mol. The number of ether oxygens (including phenoxy) is 1. The molecular formula is C13H8FIO6S. The molecule has 2 aromatic carbocycles. The summed E-state index contributed by atoms with van der Waals surface area (Å²) < 4.78 is 49.4. The Kier molecular flexibility index (Phi) is 4.68. The van der Waals surface area contributed by atoms with Crippen molar-refractivity contribution in [2.24, 2.45) is 0 Å². The largest absolute Gasteiger partial charge is 0.508 e. The second kappa shape index (κ2) is 6.18. The second-order valence-corrected chi connectivity index (χ2v) is 6.70. The van der Waals surface area contributed by atoms with Crippen LogP contribution in [-0.4, -0.2) is 24.0 Å². The molecule has 0 unspecified atom stereocenters. The zero-order valence-corrected chi connectivity index (χ0v) is 13.6. The van der Waals surface area contributed by atoms with E-state index in [1.165, 1.54) is 6.07 Å². The number of halogens is 2. The van der Waals surface area contributed by atoms with Gasteiger partial charge in [0.25, 0.3) is 10.1 Å². The number of esters is 1. The molecule has 22 heavy (non-hydrogen) atoms. The van der Waals surface area contributed by atoms with Crippen molar-refractivity contribution in [3.8, 4) is 11.5 Å². The van der Waals surface area contributed by atoms with Crippen LogP contribution in [0.15, 0.2) is 41.3 Å². The predicted octanol–water partition coefficient (Wildman–Crippen LogP) is 2.60. The van der Waals surface area contributed by atoms with E-state index in [2.05, 4.69) is 0 Å². The topological polar surface area (TPSA) is 101 Å². The molecule has 0 spiro atoms. The minimum Gasteiger partial charge on any atom is -0.508 e. The van der Waals surface area contributed by atoms with Crippen LogP contribution in [0.2, 0.25) is 0 Å². The van der Waals surface area contributed by atoms with Crippen LogP contribution >= 0.6 is 22.6 Å². The van der Waals surface area contributed by atoms with Crippen molar-refractivity contribution in [1.29, 1.82) is 0 Å². The van der Waals surface area contributed by atoms with Crippen molar-refractivity contribution in [1.82, 2.24) is 0 Å². The molecule has 0 atom stereocenters. The van der Waals surface area contributed by atoms with Crippen molar-refractivity contribution in [3.63, 3.8) is 0 Å². The Morgan fingerprint density at radius 1 is 1.18 bits per heavy atom. The van der Waals surface area contributed by atoms with E-state index in [1.54, 1.807) is 22.6 Å². The summed E-state index contributed by atoms with van der Waals surface area (Å²) in [7, 11) is -4.35. The van der Waals surface area contributed by atoms with E-state index in [1.807, 2.05) is 0 Å². The number of phenolic OH excluding ortho intramolecular Hbond substituents is 1. The normalized spacial score (nSPS) is 11.2. The van der Waals surface area contributed by atoms with Gasteiger partial charge in [0.05, 0.1) is 4.90 Å². The first-order valence-electron chi connectivity index (χ1n) is 5.66. The van der Waals surface area contributed by atoms with Crippen LogP contribution in [0, 0.1) is 9.39 Å². The zero-order valence-electron chi connectivity index (χ0n) is 10.7. The average molecular weight is 438 g/mol. The number of rotatable bonds is 3. The summed E-state index contributed by atoms with van der Waals surface area (Å²) in [5, 5.41) is 9.22. The second-order valence-electron chi connectivity index (χ2n) is 4.12. The highest BCUT2D eigenvalue weighted by Gasteiger charge is 2.19. The lowest BCUT2D eigenvalue weighted by Gasteiger charge is -2.08. The fourth-order valence-corrected chi connectivity index (χ4v) is 2.87. The molecule has 0 aliphatic heterocycles. The molecule has 0 amide bonds. The molecule has 2 aromatic rings. The Hall–Kier alpha value is -1.72. The fourth-order valence-electron chi connectivity index (χ4n) is 1.59. The first-order valence-corrected chi connectivity index (χ1v) is 8.18. The molecule has 9 heteroatoms. The summed E-state index contributed by atoms with van der Waals surface area (Å²) >= 11 is 1.67. The van der Waals surface area contributed by atoms with Crippen LogP contribution in [-0.2, 0) is 10.1 Å². The van der Waals surface area contributed by atoms with Gasteiger partial charge in [0.15, 0.2) is 0 Å². The van der Waals surface area contributed by atoms with Gasteiger partial charge in [-0.05, 0) is 52.9 Å². The lowest BCUT2D eigenvalue weighted by Crippen LogP contribution is -2.12. The quantitative estimate of drug-likeness (QED) is 0.331. The maximum Gasteiger partial charge on any atom is 0.347 e. The molecule has 0 fully saturated rings. The highest BCUT2D eigenvalue weighted by Crippen LogP contribution is 2.24. The SMILES string of the molecule is O=C(Oc1ccc(S(=O)(=O)O)cc1)c1c(F)cc(O)cc1I. The van der Waals surface area contributed by atoms with Crippen molar-refractivity contribution >= 4 is 38.7 Å². The first kappa shape index (κ1) is 16.6. The summed E-state index contributed by atoms with van der Waals surface area (Å²) in [6.07, 6.45) is 0. The fraction of sp³-hybridized carbons (Fsp3) is 0. The molecule has 2 rings (SSSR count). The smallest absolute Gasteiger partial charge is 0.347 e. The number of hydrogen-bond donors (Lipinski definition) is 2. The zero-order chi connectivity index (χ0) is 16.5. The van der Waals surface area contributed by atoms with E-state index >= 15 is 0 Å². The number of phenols is 1. The third kappa shape index (κ3) is 3.72. The van der Waals surface area contributed by atoms with Crippen LogP contribution in [0.3, 0.4) is 0 Å². The molecule has 2 N–H and O–H groups in total. The maximum absolute atomic E-state index is 13.7. The predicted molar refractivity (Wildman–Crippen MR) is 82.0 cm³/mol. The molecule has 0 aliphatic rings. The Balaban J connectivity index is 2.26. The van der Waals surface area contributed by atoms with Gasteiger partial charge in [-0.25, -0.2) is 9.18 Å². The Bertz CT molecular complexity index is 809. The van der Waals surface area contributed by atoms with Crippen molar-refractivity contribution in [2.75, 3.05) is 0 Å². The standard InChI is InChI=1S/C13H8FIO6S/c14-10-5-7(16)6-11(15)12(10)13(17)21-8-1-3-9(4-2-8)22(18,19)20/h1-6,16H,(H,18,19,20). The third-order valence-corrected chi connectivity index (χ3v) is 4.28. The molecule has 0 bridgehead atoms. The highest BCUT2D eigenvalue weighted by molar-refractivity contribution is 14.1. The summed E-state index contributed by atoms with van der Waals surface area (Å²) in [5.74, 6) is -2.29. The van der Waals surface area contributed by atoms with Gasteiger partial charge in [-0.2, -0.15) is 8.42 Å². The van der Waals surface area contributed by atoms with E-state index in [9.17, 15) is 22.7 Å². The van der Waals surface area contributed by atoms with Gasteiger partial charge in [0.2, 0.25) is 0 Å². The molecule has 0 aromatic heterocycles. The maximum atomic E-state index is 13.7. The molecule has 0 aliphatic carbocycles. The Morgan fingerprint density at radius 3 is 2.27 bits per heavy atom. The van der Waals surface area contributed by atoms with Gasteiger partial charge in [-0.15, -0.1) is 0 Å². The van der Waals surface area contributed by atoms with E-state index in [-0.39, 0.29) is 25.5 Å². The molecular weight excluding hydrogens is 430 g/mol. The van der Waals surface area contributed by atoms with Crippen molar-refractivity contribution in [2.45, 2.75) is 4.90 Å². The summed E-state index contributed by atoms with van der Waals surface area (Å²) in [5.41, 5.74) is -0.350. The Morgan fingerprint density at radius 2 is 1.77 bits per heavy atom. The minimum absolute atomic E-state index is 0.0272. The number of carbonyl (C=O) groups is 1. The minimum atomic E-state index is -4.35. The number of benzene rings is 2. The van der Waals surface area contributed by atoms with E-state index in [4.69, 9.17) is 9.29 Å². The van der Waals surface area contributed by atoms with Gasteiger partial charge in [0, 0.05) is 9.64 Å². The molecule has 6 nitrogen and oxygen atoms in total. The lowest BCUT2D eigenvalue weighted by atomic mass is 10.2. The molecule has 116 valence electrons. The Labute approximate surface area is 138 Å². The average Bonchev–Trinajstić information content (AvgIpc) is 2.36. The first-order chi connectivity index (χ1) is 10.2. The van der Waals surface area contributed by atoms with Gasteiger partial charge in [-0.1, -0.05) is 0 Å².